The molecule has 1 amide bonds. The van der Waals surface area contributed by atoms with Crippen LogP contribution in [0.1, 0.15) is 32.9 Å². The third kappa shape index (κ3) is 4.09. The number of hydrogen-bond acceptors (Lipinski definition) is 3. The van der Waals surface area contributed by atoms with Gasteiger partial charge in [0.1, 0.15) is 0 Å². The Bertz CT molecular complexity index is 1290. The van der Waals surface area contributed by atoms with E-state index in [2.05, 4.69) is 15.4 Å². The maximum absolute atomic E-state index is 13.0. The summed E-state index contributed by atoms with van der Waals surface area (Å²) in [7, 11) is 0. The second-order valence-electron chi connectivity index (χ2n) is 7.60. The first kappa shape index (κ1) is 20.8. The second-order valence-corrected chi connectivity index (χ2v) is 8.04. The molecule has 0 saturated heterocycles. The van der Waals surface area contributed by atoms with E-state index in [0.29, 0.717) is 10.8 Å². The molecule has 5 nitrogen and oxygen atoms in total. The zero-order valence-electron chi connectivity index (χ0n) is 17.9. The van der Waals surface area contributed by atoms with Gasteiger partial charge < -0.3 is 5.32 Å². The molecule has 0 atom stereocenters. The standard InChI is InChI=1S/C25H23ClN4O/c1-15-8-5-12-21(17(15)3)27-25(31)23-28-24(19-10-7-11-20(26)14-19)30(29-23)22-13-6-9-16(2)18(22)4/h5-14H,1-4H3,(H,27,31). The van der Waals surface area contributed by atoms with E-state index in [-0.39, 0.29) is 11.7 Å². The molecule has 0 aliphatic rings. The molecule has 3 aromatic carbocycles. The maximum atomic E-state index is 13.0. The Hall–Kier alpha value is -3.44. The minimum atomic E-state index is -0.360. The van der Waals surface area contributed by atoms with Crippen molar-refractivity contribution in [3.05, 3.63) is 93.8 Å². The summed E-state index contributed by atoms with van der Waals surface area (Å²) in [6.45, 7) is 8.06. The topological polar surface area (TPSA) is 59.8 Å². The molecule has 1 N–H and O–H groups in total. The van der Waals surface area contributed by atoms with Crippen molar-refractivity contribution in [2.45, 2.75) is 27.7 Å². The number of nitrogens with zero attached hydrogens (tertiary/aromatic N) is 3. The molecule has 0 aliphatic heterocycles. The fraction of sp³-hybridized carbons (Fsp3) is 0.160. The fourth-order valence-electron chi connectivity index (χ4n) is 3.42. The maximum Gasteiger partial charge on any atom is 0.295 e. The van der Waals surface area contributed by atoms with Gasteiger partial charge in [0, 0.05) is 16.3 Å². The number of nitrogens with one attached hydrogen (secondary N) is 1. The molecular weight excluding hydrogens is 408 g/mol. The summed E-state index contributed by atoms with van der Waals surface area (Å²) in [6.07, 6.45) is 0. The summed E-state index contributed by atoms with van der Waals surface area (Å²) in [6, 6.07) is 19.2. The second kappa shape index (κ2) is 8.36. The van der Waals surface area contributed by atoms with Gasteiger partial charge in [0.2, 0.25) is 5.82 Å². The number of benzene rings is 3. The minimum absolute atomic E-state index is 0.0942. The SMILES string of the molecule is Cc1cccc(NC(=O)c2nc(-c3cccc(Cl)c3)n(-c3cccc(C)c3C)n2)c1C. The summed E-state index contributed by atoms with van der Waals surface area (Å²) in [4.78, 5) is 17.6. The van der Waals surface area contributed by atoms with E-state index in [0.717, 1.165) is 39.2 Å². The summed E-state index contributed by atoms with van der Waals surface area (Å²) >= 11 is 6.22. The van der Waals surface area contributed by atoms with E-state index in [4.69, 9.17) is 11.6 Å². The molecule has 0 saturated carbocycles. The Morgan fingerprint density at radius 1 is 0.903 bits per heavy atom. The van der Waals surface area contributed by atoms with Crippen molar-refractivity contribution < 1.29 is 4.79 Å². The lowest BCUT2D eigenvalue weighted by Crippen LogP contribution is -2.15. The minimum Gasteiger partial charge on any atom is -0.319 e. The Morgan fingerprint density at radius 2 is 1.58 bits per heavy atom. The molecule has 1 aromatic heterocycles. The van der Waals surface area contributed by atoms with Crippen LogP contribution in [0, 0.1) is 27.7 Å². The molecule has 4 aromatic rings. The van der Waals surface area contributed by atoms with Gasteiger partial charge in [-0.25, -0.2) is 9.67 Å². The average molecular weight is 431 g/mol. The number of amides is 1. The number of hydrogen-bond donors (Lipinski definition) is 1. The van der Waals surface area contributed by atoms with Crippen molar-refractivity contribution in [1.82, 2.24) is 14.8 Å². The average Bonchev–Trinajstić information content (AvgIpc) is 3.19. The van der Waals surface area contributed by atoms with Crippen LogP contribution in [0.2, 0.25) is 5.02 Å². The number of anilines is 1. The van der Waals surface area contributed by atoms with Gasteiger partial charge in [-0.3, -0.25) is 4.79 Å². The fourth-order valence-corrected chi connectivity index (χ4v) is 3.61. The lowest BCUT2D eigenvalue weighted by atomic mass is 10.1. The quantitative estimate of drug-likeness (QED) is 0.427. The van der Waals surface area contributed by atoms with Crippen molar-refractivity contribution >= 4 is 23.2 Å². The van der Waals surface area contributed by atoms with Gasteiger partial charge in [0.05, 0.1) is 5.69 Å². The molecular formula is C25H23ClN4O. The highest BCUT2D eigenvalue weighted by molar-refractivity contribution is 6.30. The normalized spacial score (nSPS) is 10.9. The molecule has 31 heavy (non-hydrogen) atoms. The van der Waals surface area contributed by atoms with E-state index in [9.17, 15) is 4.79 Å². The molecule has 1 heterocycles. The first-order chi connectivity index (χ1) is 14.8. The van der Waals surface area contributed by atoms with Gasteiger partial charge in [0.25, 0.3) is 5.91 Å². The predicted molar refractivity (Wildman–Crippen MR) is 125 cm³/mol. The highest BCUT2D eigenvalue weighted by Gasteiger charge is 2.21. The Labute approximate surface area is 186 Å². The van der Waals surface area contributed by atoms with Crippen LogP contribution in [0.3, 0.4) is 0 Å². The van der Waals surface area contributed by atoms with E-state index < -0.39 is 0 Å². The summed E-state index contributed by atoms with van der Waals surface area (Å²) in [5, 5.41) is 8.12. The number of halogens is 1. The lowest BCUT2D eigenvalue weighted by Gasteiger charge is -2.11. The van der Waals surface area contributed by atoms with Gasteiger partial charge in [0.15, 0.2) is 5.82 Å². The largest absolute Gasteiger partial charge is 0.319 e. The summed E-state index contributed by atoms with van der Waals surface area (Å²) < 4.78 is 1.71. The third-order valence-corrected chi connectivity index (χ3v) is 5.79. The van der Waals surface area contributed by atoms with Crippen LogP contribution in [0.25, 0.3) is 17.1 Å². The van der Waals surface area contributed by atoms with Gasteiger partial charge in [-0.15, -0.1) is 5.10 Å². The van der Waals surface area contributed by atoms with Crippen molar-refractivity contribution in [3.63, 3.8) is 0 Å². The van der Waals surface area contributed by atoms with Crippen molar-refractivity contribution in [2.24, 2.45) is 0 Å². The molecule has 0 fully saturated rings. The Kier molecular flexibility index (Phi) is 5.61. The van der Waals surface area contributed by atoms with Gasteiger partial charge >= 0.3 is 0 Å². The number of carbonyl (C=O) groups excluding carboxylic acids is 1. The monoisotopic (exact) mass is 430 g/mol. The molecule has 0 aliphatic carbocycles. The predicted octanol–water partition coefficient (Wildman–Crippen LogP) is 6.07. The first-order valence-electron chi connectivity index (χ1n) is 10.0. The number of carbonyl (C=O) groups is 1. The number of aryl methyl sites for hydroxylation is 2. The highest BCUT2D eigenvalue weighted by Crippen LogP contribution is 2.27. The van der Waals surface area contributed by atoms with Crippen LogP contribution in [0.15, 0.2) is 60.7 Å². The van der Waals surface area contributed by atoms with E-state index in [1.54, 1.807) is 10.7 Å². The van der Waals surface area contributed by atoms with E-state index >= 15 is 0 Å². The molecule has 0 spiro atoms. The van der Waals surface area contributed by atoms with E-state index in [1.165, 1.54) is 0 Å². The zero-order chi connectivity index (χ0) is 22.1. The lowest BCUT2D eigenvalue weighted by molar-refractivity contribution is 0.101. The Morgan fingerprint density at radius 3 is 2.32 bits per heavy atom. The van der Waals surface area contributed by atoms with Crippen LogP contribution < -0.4 is 5.32 Å². The number of aromatic nitrogens is 3. The number of rotatable bonds is 4. The highest BCUT2D eigenvalue weighted by atomic mass is 35.5. The van der Waals surface area contributed by atoms with Gasteiger partial charge in [-0.1, -0.05) is 48.0 Å². The van der Waals surface area contributed by atoms with Gasteiger partial charge in [-0.05, 0) is 74.2 Å². The van der Waals surface area contributed by atoms with Crippen LogP contribution in [0.5, 0.6) is 0 Å². The molecule has 6 heteroatoms. The van der Waals surface area contributed by atoms with Crippen LogP contribution >= 0.6 is 11.6 Å². The van der Waals surface area contributed by atoms with Crippen LogP contribution in [-0.4, -0.2) is 20.7 Å². The molecule has 156 valence electrons. The molecule has 0 radical (unpaired) electrons. The molecule has 4 rings (SSSR count). The third-order valence-electron chi connectivity index (χ3n) is 5.55. The summed E-state index contributed by atoms with van der Waals surface area (Å²) in [5.74, 6) is 0.292. The smallest absolute Gasteiger partial charge is 0.295 e. The van der Waals surface area contributed by atoms with Crippen molar-refractivity contribution in [1.29, 1.82) is 0 Å². The zero-order valence-corrected chi connectivity index (χ0v) is 18.7. The molecule has 0 bridgehead atoms. The van der Waals surface area contributed by atoms with Gasteiger partial charge in [-0.2, -0.15) is 0 Å². The van der Waals surface area contributed by atoms with E-state index in [1.807, 2.05) is 82.3 Å². The van der Waals surface area contributed by atoms with Crippen molar-refractivity contribution in [3.8, 4) is 17.1 Å². The first-order valence-corrected chi connectivity index (χ1v) is 10.4. The van der Waals surface area contributed by atoms with Crippen LogP contribution in [-0.2, 0) is 0 Å². The Balaban J connectivity index is 1.82. The van der Waals surface area contributed by atoms with Crippen molar-refractivity contribution in [2.75, 3.05) is 5.32 Å². The summed E-state index contributed by atoms with van der Waals surface area (Å²) in [5.41, 5.74) is 6.71. The van der Waals surface area contributed by atoms with Crippen LogP contribution in [0.4, 0.5) is 5.69 Å². The molecule has 0 unspecified atom stereocenters.